The van der Waals surface area contributed by atoms with Crippen LogP contribution >= 0.6 is 11.6 Å². The number of nitrogen functional groups attached to an aromatic ring is 1. The van der Waals surface area contributed by atoms with E-state index in [-0.39, 0.29) is 0 Å². The van der Waals surface area contributed by atoms with Crippen LogP contribution in [0.4, 0.5) is 5.69 Å². The highest BCUT2D eigenvalue weighted by Crippen LogP contribution is 2.23. The van der Waals surface area contributed by atoms with E-state index in [1.165, 1.54) is 0 Å². The highest BCUT2D eigenvalue weighted by molar-refractivity contribution is 6.30. The third-order valence-corrected chi connectivity index (χ3v) is 4.22. The van der Waals surface area contributed by atoms with Gasteiger partial charge in [-0.3, -0.25) is 0 Å². The summed E-state index contributed by atoms with van der Waals surface area (Å²) in [6.07, 6.45) is 0.635. The van der Waals surface area contributed by atoms with Crippen LogP contribution in [0.3, 0.4) is 0 Å². The molecule has 0 atom stereocenters. The molecule has 0 amide bonds. The Balaban J connectivity index is 1.77. The van der Waals surface area contributed by atoms with Gasteiger partial charge in [-0.1, -0.05) is 41.9 Å². The molecule has 0 aliphatic carbocycles. The molecule has 5 heteroatoms. The molecule has 0 saturated carbocycles. The molecule has 1 aromatic heterocycles. The molecule has 2 aromatic carbocycles. The number of nitriles is 1. The van der Waals surface area contributed by atoms with Crippen LogP contribution in [0.1, 0.15) is 17.0 Å². The highest BCUT2D eigenvalue weighted by atomic mass is 35.5. The fourth-order valence-corrected chi connectivity index (χ4v) is 2.85. The van der Waals surface area contributed by atoms with Crippen molar-refractivity contribution in [3.8, 4) is 11.8 Å². The monoisotopic (exact) mass is 351 g/mol. The lowest BCUT2D eigenvalue weighted by Gasteiger charge is -2.13. The molecule has 4 nitrogen and oxygen atoms in total. The number of halogens is 1. The number of nitrogens with two attached hydrogens (primary N) is 1. The molecule has 1 heterocycles. The molecule has 25 heavy (non-hydrogen) atoms. The summed E-state index contributed by atoms with van der Waals surface area (Å²) < 4.78 is 7.67. The standard InChI is InChI=1S/C20H18ClN3O/c21-16-8-6-15(7-9-16)12-20-19(23)13-17(14-22)24(20)10-11-25-18-4-2-1-3-5-18/h1-9,13H,10-12,23H2. The molecule has 0 saturated heterocycles. The van der Waals surface area contributed by atoms with Crippen LogP contribution in [0.15, 0.2) is 60.7 Å². The van der Waals surface area contributed by atoms with Crippen molar-refractivity contribution in [2.75, 3.05) is 12.3 Å². The van der Waals surface area contributed by atoms with Gasteiger partial charge in [0.2, 0.25) is 0 Å². The Labute approximate surface area is 152 Å². The van der Waals surface area contributed by atoms with Crippen LogP contribution in [0.25, 0.3) is 0 Å². The molecule has 2 N–H and O–H groups in total. The zero-order chi connectivity index (χ0) is 17.6. The quantitative estimate of drug-likeness (QED) is 0.721. The van der Waals surface area contributed by atoms with Gasteiger partial charge < -0.3 is 15.0 Å². The maximum Gasteiger partial charge on any atom is 0.122 e. The van der Waals surface area contributed by atoms with Crippen molar-refractivity contribution in [3.63, 3.8) is 0 Å². The van der Waals surface area contributed by atoms with Gasteiger partial charge in [0.05, 0.1) is 12.2 Å². The number of aromatic nitrogens is 1. The number of ether oxygens (including phenoxy) is 1. The van der Waals surface area contributed by atoms with Crippen molar-refractivity contribution < 1.29 is 4.74 Å². The Kier molecular flexibility index (Phi) is 5.27. The first kappa shape index (κ1) is 16.9. The second kappa shape index (κ2) is 7.78. The van der Waals surface area contributed by atoms with Crippen molar-refractivity contribution in [1.82, 2.24) is 4.57 Å². The summed E-state index contributed by atoms with van der Waals surface area (Å²) in [5, 5.41) is 10.1. The lowest BCUT2D eigenvalue weighted by molar-refractivity contribution is 0.296. The molecule has 3 rings (SSSR count). The van der Waals surface area contributed by atoms with Crippen LogP contribution in [0.5, 0.6) is 5.75 Å². The van der Waals surface area contributed by atoms with Gasteiger partial charge in [0, 0.05) is 17.1 Å². The lowest BCUT2D eigenvalue weighted by atomic mass is 10.1. The summed E-state index contributed by atoms with van der Waals surface area (Å²) in [5.74, 6) is 0.806. The number of nitrogens with zero attached hydrogens (tertiary/aromatic N) is 2. The number of rotatable bonds is 6. The predicted octanol–water partition coefficient (Wildman–Crippen LogP) is 4.27. The molecule has 0 aliphatic rings. The first-order chi connectivity index (χ1) is 12.2. The number of hydrogen-bond acceptors (Lipinski definition) is 3. The Hall–Kier alpha value is -2.90. The van der Waals surface area contributed by atoms with Crippen LogP contribution < -0.4 is 10.5 Å². The number of para-hydroxylation sites is 1. The van der Waals surface area contributed by atoms with E-state index in [1.807, 2.05) is 59.2 Å². The third kappa shape index (κ3) is 4.14. The molecule has 126 valence electrons. The second-order valence-corrected chi connectivity index (χ2v) is 6.10. The van der Waals surface area contributed by atoms with E-state index in [2.05, 4.69) is 6.07 Å². The smallest absolute Gasteiger partial charge is 0.122 e. The van der Waals surface area contributed by atoms with Gasteiger partial charge in [-0.2, -0.15) is 5.26 Å². The Bertz CT molecular complexity index is 880. The largest absolute Gasteiger partial charge is 0.492 e. The van der Waals surface area contributed by atoms with Crippen molar-refractivity contribution in [2.24, 2.45) is 0 Å². The Morgan fingerprint density at radius 2 is 1.80 bits per heavy atom. The molecular formula is C20H18ClN3O. The zero-order valence-electron chi connectivity index (χ0n) is 13.7. The second-order valence-electron chi connectivity index (χ2n) is 5.66. The molecule has 0 radical (unpaired) electrons. The number of anilines is 1. The SMILES string of the molecule is N#Cc1cc(N)c(Cc2ccc(Cl)cc2)n1CCOc1ccccc1. The average molecular weight is 352 g/mol. The number of hydrogen-bond donors (Lipinski definition) is 1. The number of benzene rings is 2. The van der Waals surface area contributed by atoms with E-state index in [4.69, 9.17) is 22.1 Å². The first-order valence-electron chi connectivity index (χ1n) is 7.97. The third-order valence-electron chi connectivity index (χ3n) is 3.97. The zero-order valence-corrected chi connectivity index (χ0v) is 14.4. The van der Waals surface area contributed by atoms with E-state index < -0.39 is 0 Å². The van der Waals surface area contributed by atoms with E-state index in [0.29, 0.717) is 36.0 Å². The van der Waals surface area contributed by atoms with Crippen LogP contribution in [-0.2, 0) is 13.0 Å². The van der Waals surface area contributed by atoms with Crippen molar-refractivity contribution >= 4 is 17.3 Å². The molecule has 0 unspecified atom stereocenters. The first-order valence-corrected chi connectivity index (χ1v) is 8.35. The Morgan fingerprint density at radius 1 is 1.08 bits per heavy atom. The molecular weight excluding hydrogens is 334 g/mol. The van der Waals surface area contributed by atoms with Gasteiger partial charge in [-0.15, -0.1) is 0 Å². The predicted molar refractivity (Wildman–Crippen MR) is 99.8 cm³/mol. The van der Waals surface area contributed by atoms with Gasteiger partial charge in [-0.05, 0) is 35.9 Å². The van der Waals surface area contributed by atoms with E-state index in [0.717, 1.165) is 17.0 Å². The van der Waals surface area contributed by atoms with Crippen LogP contribution in [0.2, 0.25) is 5.02 Å². The van der Waals surface area contributed by atoms with E-state index in [1.54, 1.807) is 6.07 Å². The van der Waals surface area contributed by atoms with Gasteiger partial charge in [0.1, 0.15) is 24.1 Å². The van der Waals surface area contributed by atoms with Gasteiger partial charge >= 0.3 is 0 Å². The molecule has 0 bridgehead atoms. The summed E-state index contributed by atoms with van der Waals surface area (Å²) in [4.78, 5) is 0. The fourth-order valence-electron chi connectivity index (χ4n) is 2.72. The molecule has 0 spiro atoms. The molecule has 0 aliphatic heterocycles. The topological polar surface area (TPSA) is 64.0 Å². The van der Waals surface area contributed by atoms with Crippen LogP contribution in [0, 0.1) is 11.3 Å². The Morgan fingerprint density at radius 3 is 2.48 bits per heavy atom. The lowest BCUT2D eigenvalue weighted by Crippen LogP contribution is -2.13. The van der Waals surface area contributed by atoms with Crippen LogP contribution in [-0.4, -0.2) is 11.2 Å². The molecule has 0 fully saturated rings. The van der Waals surface area contributed by atoms with Crippen molar-refractivity contribution in [3.05, 3.63) is 82.6 Å². The van der Waals surface area contributed by atoms with Crippen molar-refractivity contribution in [2.45, 2.75) is 13.0 Å². The van der Waals surface area contributed by atoms with Crippen molar-refractivity contribution in [1.29, 1.82) is 5.26 Å². The molecule has 3 aromatic rings. The summed E-state index contributed by atoms with van der Waals surface area (Å²) >= 11 is 5.94. The maximum atomic E-state index is 9.39. The summed E-state index contributed by atoms with van der Waals surface area (Å²) in [6, 6.07) is 21.2. The average Bonchev–Trinajstić information content (AvgIpc) is 2.93. The van der Waals surface area contributed by atoms with Gasteiger partial charge in [-0.25, -0.2) is 0 Å². The summed E-state index contributed by atoms with van der Waals surface area (Å²) in [5.41, 5.74) is 9.30. The minimum Gasteiger partial charge on any atom is -0.492 e. The van der Waals surface area contributed by atoms with Gasteiger partial charge in [0.25, 0.3) is 0 Å². The van der Waals surface area contributed by atoms with Gasteiger partial charge in [0.15, 0.2) is 0 Å². The van der Waals surface area contributed by atoms with E-state index >= 15 is 0 Å². The van der Waals surface area contributed by atoms with E-state index in [9.17, 15) is 5.26 Å². The highest BCUT2D eigenvalue weighted by Gasteiger charge is 2.14. The normalized spacial score (nSPS) is 10.4. The summed E-state index contributed by atoms with van der Waals surface area (Å²) in [7, 11) is 0. The fraction of sp³-hybridized carbons (Fsp3) is 0.150. The minimum absolute atomic E-state index is 0.459. The summed E-state index contributed by atoms with van der Waals surface area (Å²) in [6.45, 7) is 1.01. The maximum absolute atomic E-state index is 9.39. The minimum atomic E-state index is 0.459.